The van der Waals surface area contributed by atoms with Crippen LogP contribution in [0, 0.1) is 6.92 Å². The van der Waals surface area contributed by atoms with E-state index in [2.05, 4.69) is 0 Å². The quantitative estimate of drug-likeness (QED) is 0.675. The molecule has 0 aliphatic rings. The van der Waals surface area contributed by atoms with Crippen molar-refractivity contribution in [3.63, 3.8) is 0 Å². The summed E-state index contributed by atoms with van der Waals surface area (Å²) in [6, 6.07) is 4.84. The molecule has 0 saturated carbocycles. The molecule has 0 aliphatic carbocycles. The van der Waals surface area contributed by atoms with Crippen molar-refractivity contribution in [1.82, 2.24) is 0 Å². The summed E-state index contributed by atoms with van der Waals surface area (Å²) in [7, 11) is 0. The molecule has 0 radical (unpaired) electrons. The summed E-state index contributed by atoms with van der Waals surface area (Å²) in [5.41, 5.74) is 1.46. The zero-order valence-corrected chi connectivity index (χ0v) is 8.59. The minimum absolute atomic E-state index is 0.0241. The van der Waals surface area contributed by atoms with Gasteiger partial charge in [-0.25, -0.2) is 0 Å². The molecule has 0 heterocycles. The number of phenols is 1. The van der Waals surface area contributed by atoms with Crippen LogP contribution in [0.2, 0.25) is 0 Å². The molecule has 1 aromatic carbocycles. The van der Waals surface area contributed by atoms with Gasteiger partial charge in [0.1, 0.15) is 5.75 Å². The fraction of sp³-hybridized carbons (Fsp3) is 0.364. The second-order valence-electron chi connectivity index (χ2n) is 2.61. The van der Waals surface area contributed by atoms with E-state index in [1.165, 1.54) is 13.0 Å². The van der Waals surface area contributed by atoms with E-state index in [0.29, 0.717) is 5.56 Å². The molecule has 13 heavy (non-hydrogen) atoms. The van der Waals surface area contributed by atoms with E-state index in [1.807, 2.05) is 20.8 Å². The first kappa shape index (κ1) is 11.7. The van der Waals surface area contributed by atoms with E-state index < -0.39 is 0 Å². The topological polar surface area (TPSA) is 37.3 Å². The number of rotatable bonds is 1. The van der Waals surface area contributed by atoms with Crippen molar-refractivity contribution >= 4 is 5.78 Å². The average molecular weight is 180 g/mol. The smallest absolute Gasteiger partial charge is 0.159 e. The van der Waals surface area contributed by atoms with Crippen LogP contribution >= 0.6 is 0 Å². The molecule has 2 heteroatoms. The number of aryl methyl sites for hydroxylation is 1. The van der Waals surface area contributed by atoms with E-state index in [1.54, 1.807) is 12.1 Å². The van der Waals surface area contributed by atoms with Gasteiger partial charge in [0.05, 0.1) is 0 Å². The van der Waals surface area contributed by atoms with Gasteiger partial charge >= 0.3 is 0 Å². The highest BCUT2D eigenvalue weighted by molar-refractivity contribution is 5.94. The Balaban J connectivity index is 0.000000671. The van der Waals surface area contributed by atoms with Crippen LogP contribution in [0.1, 0.15) is 36.7 Å². The van der Waals surface area contributed by atoms with Crippen LogP contribution in [0.3, 0.4) is 0 Å². The zero-order chi connectivity index (χ0) is 10.4. The lowest BCUT2D eigenvalue weighted by Crippen LogP contribution is -1.91. The zero-order valence-electron chi connectivity index (χ0n) is 8.59. The third-order valence-corrected chi connectivity index (χ3v) is 1.47. The monoisotopic (exact) mass is 180 g/mol. The average Bonchev–Trinajstić information content (AvgIpc) is 2.06. The first-order valence-electron chi connectivity index (χ1n) is 4.41. The van der Waals surface area contributed by atoms with Crippen molar-refractivity contribution in [3.05, 3.63) is 29.3 Å². The van der Waals surface area contributed by atoms with Crippen molar-refractivity contribution < 1.29 is 9.90 Å². The SMILES string of the molecule is CC.CC(=O)c1cc(C)cc(O)c1. The summed E-state index contributed by atoms with van der Waals surface area (Å²) >= 11 is 0. The summed E-state index contributed by atoms with van der Waals surface area (Å²) in [5, 5.41) is 9.09. The van der Waals surface area contributed by atoms with Gasteiger partial charge in [-0.3, -0.25) is 4.79 Å². The number of carbonyl (C=O) groups excluding carboxylic acids is 1. The number of phenolic OH excluding ortho intramolecular Hbond substituents is 1. The van der Waals surface area contributed by atoms with Crippen molar-refractivity contribution in [2.75, 3.05) is 0 Å². The first-order chi connectivity index (χ1) is 6.09. The van der Waals surface area contributed by atoms with E-state index in [-0.39, 0.29) is 11.5 Å². The predicted octanol–water partition coefficient (Wildman–Crippen LogP) is 2.93. The molecule has 1 N–H and O–H groups in total. The molecule has 0 amide bonds. The highest BCUT2D eigenvalue weighted by atomic mass is 16.3. The van der Waals surface area contributed by atoms with Crippen LogP contribution in [-0.2, 0) is 0 Å². The predicted molar refractivity (Wildman–Crippen MR) is 54.2 cm³/mol. The molecule has 0 aromatic heterocycles. The van der Waals surface area contributed by atoms with Gasteiger partial charge in [-0.15, -0.1) is 0 Å². The standard InChI is InChI=1S/C9H10O2.C2H6/c1-6-3-8(7(2)10)5-9(11)4-6;1-2/h3-5,11H,1-2H3;1-2H3. The Morgan fingerprint density at radius 2 is 1.77 bits per heavy atom. The molecule has 72 valence electrons. The van der Waals surface area contributed by atoms with Crippen LogP contribution in [0.15, 0.2) is 18.2 Å². The summed E-state index contributed by atoms with van der Waals surface area (Å²) in [5.74, 6) is 0.124. The molecule has 0 bridgehead atoms. The van der Waals surface area contributed by atoms with Gasteiger partial charge < -0.3 is 5.11 Å². The lowest BCUT2D eigenvalue weighted by molar-refractivity contribution is 0.101. The number of Topliss-reactive ketones (excluding diaryl/α,β-unsaturated/α-hetero) is 1. The molecule has 0 fully saturated rings. The number of benzene rings is 1. The molecular weight excluding hydrogens is 164 g/mol. The minimum atomic E-state index is -0.0241. The fourth-order valence-corrected chi connectivity index (χ4v) is 0.966. The molecule has 1 aromatic rings. The summed E-state index contributed by atoms with van der Waals surface area (Å²) in [6.07, 6.45) is 0. The summed E-state index contributed by atoms with van der Waals surface area (Å²) in [6.45, 7) is 7.32. The van der Waals surface area contributed by atoms with Crippen molar-refractivity contribution in [2.24, 2.45) is 0 Å². The Morgan fingerprint density at radius 3 is 2.15 bits per heavy atom. The van der Waals surface area contributed by atoms with Gasteiger partial charge in [-0.05, 0) is 37.6 Å². The van der Waals surface area contributed by atoms with Gasteiger partial charge in [0.25, 0.3) is 0 Å². The van der Waals surface area contributed by atoms with Crippen LogP contribution < -0.4 is 0 Å². The molecule has 1 rings (SSSR count). The minimum Gasteiger partial charge on any atom is -0.508 e. The summed E-state index contributed by atoms with van der Waals surface area (Å²) in [4.78, 5) is 10.8. The van der Waals surface area contributed by atoms with Crippen molar-refractivity contribution in [3.8, 4) is 5.75 Å². The third-order valence-electron chi connectivity index (χ3n) is 1.47. The first-order valence-corrected chi connectivity index (χ1v) is 4.41. The maximum absolute atomic E-state index is 10.8. The Hall–Kier alpha value is -1.31. The van der Waals surface area contributed by atoms with Gasteiger partial charge in [-0.1, -0.05) is 13.8 Å². The van der Waals surface area contributed by atoms with Gasteiger partial charge in [0, 0.05) is 5.56 Å². The Morgan fingerprint density at radius 1 is 1.23 bits per heavy atom. The Kier molecular flexibility index (Phi) is 4.82. The summed E-state index contributed by atoms with van der Waals surface area (Å²) < 4.78 is 0. The highest BCUT2D eigenvalue weighted by Crippen LogP contribution is 2.14. The van der Waals surface area contributed by atoms with E-state index >= 15 is 0 Å². The van der Waals surface area contributed by atoms with Crippen molar-refractivity contribution in [2.45, 2.75) is 27.7 Å². The van der Waals surface area contributed by atoms with E-state index in [9.17, 15) is 4.79 Å². The molecular formula is C11H16O2. The molecule has 0 saturated heterocycles. The van der Waals surface area contributed by atoms with E-state index in [4.69, 9.17) is 5.11 Å². The van der Waals surface area contributed by atoms with Gasteiger partial charge in [0.15, 0.2) is 5.78 Å². The fourth-order valence-electron chi connectivity index (χ4n) is 0.966. The van der Waals surface area contributed by atoms with Crippen LogP contribution in [0.4, 0.5) is 0 Å². The second-order valence-corrected chi connectivity index (χ2v) is 2.61. The molecule has 0 unspecified atom stereocenters. The number of hydrogen-bond acceptors (Lipinski definition) is 2. The van der Waals surface area contributed by atoms with Crippen LogP contribution in [0.25, 0.3) is 0 Å². The molecule has 2 nitrogen and oxygen atoms in total. The van der Waals surface area contributed by atoms with Crippen LogP contribution in [0.5, 0.6) is 5.75 Å². The van der Waals surface area contributed by atoms with Crippen LogP contribution in [-0.4, -0.2) is 10.9 Å². The molecule has 0 aliphatic heterocycles. The highest BCUT2D eigenvalue weighted by Gasteiger charge is 2.00. The maximum Gasteiger partial charge on any atom is 0.159 e. The molecule has 0 atom stereocenters. The largest absolute Gasteiger partial charge is 0.508 e. The number of carbonyl (C=O) groups is 1. The number of ketones is 1. The number of aromatic hydroxyl groups is 1. The maximum atomic E-state index is 10.8. The van der Waals surface area contributed by atoms with Gasteiger partial charge in [-0.2, -0.15) is 0 Å². The third kappa shape index (κ3) is 3.74. The van der Waals surface area contributed by atoms with E-state index in [0.717, 1.165) is 5.56 Å². The second kappa shape index (κ2) is 5.36. The van der Waals surface area contributed by atoms with Crippen molar-refractivity contribution in [1.29, 1.82) is 0 Å². The Labute approximate surface area is 79.2 Å². The number of hydrogen-bond donors (Lipinski definition) is 1. The molecule has 0 spiro atoms. The van der Waals surface area contributed by atoms with Gasteiger partial charge in [0.2, 0.25) is 0 Å². The Bertz CT molecular complexity index is 270. The lowest BCUT2D eigenvalue weighted by Gasteiger charge is -1.98. The normalized spacial score (nSPS) is 8.62. The lowest BCUT2D eigenvalue weighted by atomic mass is 10.1.